The first-order chi connectivity index (χ1) is 6.22. The maximum atomic E-state index is 5.84. The molecule has 1 saturated heterocycles. The van der Waals surface area contributed by atoms with Crippen LogP contribution in [0.5, 0.6) is 0 Å². The van der Waals surface area contributed by atoms with Crippen LogP contribution in [-0.4, -0.2) is 30.1 Å². The average molecular weight is 182 g/mol. The van der Waals surface area contributed by atoms with Crippen molar-refractivity contribution in [3.05, 3.63) is 0 Å². The van der Waals surface area contributed by atoms with E-state index in [-0.39, 0.29) is 0 Å². The van der Waals surface area contributed by atoms with Crippen LogP contribution in [0.1, 0.15) is 33.1 Å². The van der Waals surface area contributed by atoms with Crippen LogP contribution >= 0.6 is 0 Å². The molecule has 2 rings (SSSR count). The maximum absolute atomic E-state index is 5.84. The van der Waals surface area contributed by atoms with Gasteiger partial charge >= 0.3 is 0 Å². The third-order valence-corrected chi connectivity index (χ3v) is 3.89. The first-order valence-electron chi connectivity index (χ1n) is 5.68. The van der Waals surface area contributed by atoms with E-state index in [4.69, 9.17) is 5.73 Å². The second kappa shape index (κ2) is 3.58. The van der Waals surface area contributed by atoms with Gasteiger partial charge in [-0.25, -0.2) is 0 Å². The quantitative estimate of drug-likeness (QED) is 0.716. The van der Waals surface area contributed by atoms with Crippen molar-refractivity contribution in [1.29, 1.82) is 0 Å². The highest BCUT2D eigenvalue weighted by atomic mass is 15.2. The number of rotatable bonds is 3. The van der Waals surface area contributed by atoms with Crippen molar-refractivity contribution in [3.63, 3.8) is 0 Å². The second-order valence-electron chi connectivity index (χ2n) is 5.08. The van der Waals surface area contributed by atoms with E-state index < -0.39 is 0 Å². The van der Waals surface area contributed by atoms with E-state index in [1.165, 1.54) is 25.8 Å². The zero-order valence-electron chi connectivity index (χ0n) is 8.87. The van der Waals surface area contributed by atoms with E-state index in [0.717, 1.165) is 18.5 Å². The van der Waals surface area contributed by atoms with Crippen LogP contribution in [0.15, 0.2) is 0 Å². The Bertz CT molecular complexity index is 179. The lowest BCUT2D eigenvalue weighted by Gasteiger charge is -2.36. The summed E-state index contributed by atoms with van der Waals surface area (Å²) in [5, 5.41) is 0. The van der Waals surface area contributed by atoms with E-state index in [1.54, 1.807) is 0 Å². The van der Waals surface area contributed by atoms with Crippen molar-refractivity contribution in [2.24, 2.45) is 17.6 Å². The third kappa shape index (κ3) is 1.62. The molecule has 0 amide bonds. The molecule has 1 heterocycles. The summed E-state index contributed by atoms with van der Waals surface area (Å²) in [6.45, 7) is 6.75. The molecule has 1 saturated carbocycles. The Morgan fingerprint density at radius 1 is 1.38 bits per heavy atom. The van der Waals surface area contributed by atoms with Gasteiger partial charge in [0, 0.05) is 25.2 Å². The molecule has 2 nitrogen and oxygen atoms in total. The van der Waals surface area contributed by atoms with E-state index in [9.17, 15) is 0 Å². The summed E-state index contributed by atoms with van der Waals surface area (Å²) in [6.07, 6.45) is 4.34. The van der Waals surface area contributed by atoms with Gasteiger partial charge < -0.3 is 5.73 Å². The molecule has 2 aliphatic rings. The van der Waals surface area contributed by atoms with Crippen LogP contribution in [0.25, 0.3) is 0 Å². The molecule has 1 aliphatic heterocycles. The van der Waals surface area contributed by atoms with Crippen LogP contribution in [0.3, 0.4) is 0 Å². The number of hydrogen-bond acceptors (Lipinski definition) is 2. The monoisotopic (exact) mass is 182 g/mol. The predicted molar refractivity (Wildman–Crippen MR) is 55.5 cm³/mol. The van der Waals surface area contributed by atoms with Gasteiger partial charge in [0.2, 0.25) is 0 Å². The fourth-order valence-electron chi connectivity index (χ4n) is 3.16. The summed E-state index contributed by atoms with van der Waals surface area (Å²) in [7, 11) is 0. The molecule has 0 aromatic rings. The Balaban J connectivity index is 2.00. The van der Waals surface area contributed by atoms with E-state index in [2.05, 4.69) is 18.7 Å². The molecule has 2 heteroatoms. The van der Waals surface area contributed by atoms with Gasteiger partial charge in [0.1, 0.15) is 0 Å². The molecule has 2 bridgehead atoms. The molecule has 3 unspecified atom stereocenters. The van der Waals surface area contributed by atoms with Crippen molar-refractivity contribution in [2.45, 2.75) is 45.2 Å². The van der Waals surface area contributed by atoms with Crippen LogP contribution < -0.4 is 5.73 Å². The highest BCUT2D eigenvalue weighted by Gasteiger charge is 2.41. The fourth-order valence-corrected chi connectivity index (χ4v) is 3.16. The molecule has 2 fully saturated rings. The SMILES string of the molecule is CC(C)C(CN)N1CC2CCC1C2. The number of hydrogen-bond donors (Lipinski definition) is 1. The minimum Gasteiger partial charge on any atom is -0.329 e. The first-order valence-corrected chi connectivity index (χ1v) is 5.68. The van der Waals surface area contributed by atoms with E-state index >= 15 is 0 Å². The molecule has 1 aliphatic carbocycles. The largest absolute Gasteiger partial charge is 0.329 e. The van der Waals surface area contributed by atoms with Crippen molar-refractivity contribution in [3.8, 4) is 0 Å². The Morgan fingerprint density at radius 3 is 2.54 bits per heavy atom. The molecule has 0 aromatic carbocycles. The minimum absolute atomic E-state index is 0.635. The van der Waals surface area contributed by atoms with Gasteiger partial charge in [0.05, 0.1) is 0 Å². The predicted octanol–water partition coefficient (Wildman–Crippen LogP) is 1.45. The zero-order chi connectivity index (χ0) is 9.42. The Morgan fingerprint density at radius 2 is 2.15 bits per heavy atom. The maximum Gasteiger partial charge on any atom is 0.0244 e. The van der Waals surface area contributed by atoms with E-state index in [0.29, 0.717) is 12.0 Å². The van der Waals surface area contributed by atoms with Gasteiger partial charge in [-0.05, 0) is 31.1 Å². The van der Waals surface area contributed by atoms with Gasteiger partial charge in [-0.1, -0.05) is 13.8 Å². The smallest absolute Gasteiger partial charge is 0.0244 e. The molecular weight excluding hydrogens is 160 g/mol. The van der Waals surface area contributed by atoms with Crippen molar-refractivity contribution in [1.82, 2.24) is 4.90 Å². The number of fused-ring (bicyclic) bond motifs is 2. The lowest BCUT2D eigenvalue weighted by molar-refractivity contribution is 0.120. The number of likely N-dealkylation sites (tertiary alicyclic amines) is 1. The second-order valence-corrected chi connectivity index (χ2v) is 5.08. The van der Waals surface area contributed by atoms with Crippen molar-refractivity contribution in [2.75, 3.05) is 13.1 Å². The topological polar surface area (TPSA) is 29.3 Å². The summed E-state index contributed by atoms with van der Waals surface area (Å²) >= 11 is 0. The molecule has 76 valence electrons. The van der Waals surface area contributed by atoms with Crippen LogP contribution in [-0.2, 0) is 0 Å². The molecule has 13 heavy (non-hydrogen) atoms. The first kappa shape index (κ1) is 9.47. The Labute approximate surface area is 81.5 Å². The average Bonchev–Trinajstić information content (AvgIpc) is 2.65. The third-order valence-electron chi connectivity index (χ3n) is 3.89. The number of nitrogens with zero attached hydrogens (tertiary/aromatic N) is 1. The zero-order valence-corrected chi connectivity index (χ0v) is 8.87. The summed E-state index contributed by atoms with van der Waals surface area (Å²) in [5.41, 5.74) is 5.84. The molecule has 0 aromatic heterocycles. The van der Waals surface area contributed by atoms with Gasteiger partial charge in [0.25, 0.3) is 0 Å². The summed E-state index contributed by atoms with van der Waals surface area (Å²) in [6, 6.07) is 1.51. The highest BCUT2D eigenvalue weighted by molar-refractivity contribution is 4.95. The lowest BCUT2D eigenvalue weighted by Crippen LogP contribution is -2.47. The molecular formula is C11H22N2. The molecule has 0 spiro atoms. The van der Waals surface area contributed by atoms with Crippen LogP contribution in [0.2, 0.25) is 0 Å². The van der Waals surface area contributed by atoms with Crippen LogP contribution in [0.4, 0.5) is 0 Å². The fraction of sp³-hybridized carbons (Fsp3) is 1.00. The molecule has 0 radical (unpaired) electrons. The molecule has 3 atom stereocenters. The van der Waals surface area contributed by atoms with Gasteiger partial charge in [-0.3, -0.25) is 4.90 Å². The summed E-state index contributed by atoms with van der Waals surface area (Å²) < 4.78 is 0. The van der Waals surface area contributed by atoms with Crippen molar-refractivity contribution >= 4 is 0 Å². The van der Waals surface area contributed by atoms with E-state index in [1.807, 2.05) is 0 Å². The number of nitrogens with two attached hydrogens (primary N) is 1. The number of piperidine rings is 1. The summed E-state index contributed by atoms with van der Waals surface area (Å²) in [5.74, 6) is 1.71. The minimum atomic E-state index is 0.635. The standard InChI is InChI=1S/C11H22N2/c1-8(2)11(6-12)13-7-9-3-4-10(13)5-9/h8-11H,3-7,12H2,1-2H3. The van der Waals surface area contributed by atoms with Gasteiger partial charge in [-0.15, -0.1) is 0 Å². The Hall–Kier alpha value is -0.0800. The summed E-state index contributed by atoms with van der Waals surface area (Å²) in [4.78, 5) is 2.68. The highest BCUT2D eigenvalue weighted by Crippen LogP contribution is 2.39. The van der Waals surface area contributed by atoms with Gasteiger partial charge in [0.15, 0.2) is 0 Å². The Kier molecular flexibility index (Phi) is 2.61. The lowest BCUT2D eigenvalue weighted by atomic mass is 9.99. The molecule has 2 N–H and O–H groups in total. The van der Waals surface area contributed by atoms with Gasteiger partial charge in [-0.2, -0.15) is 0 Å². The normalized spacial score (nSPS) is 36.0. The van der Waals surface area contributed by atoms with Crippen LogP contribution in [0, 0.1) is 11.8 Å². The van der Waals surface area contributed by atoms with Crippen molar-refractivity contribution < 1.29 is 0 Å².